The average Bonchev–Trinajstić information content (AvgIpc) is 3.55. The van der Waals surface area contributed by atoms with E-state index in [4.69, 9.17) is 19.4 Å². The zero-order chi connectivity index (χ0) is 32.7. The Morgan fingerprint density at radius 1 is 0.739 bits per heavy atom. The van der Waals surface area contributed by atoms with Gasteiger partial charge in [0.25, 0.3) is 0 Å². The quantitative estimate of drug-likeness (QED) is 0.0903. The first-order chi connectivity index (χ1) is 22.4. The fraction of sp³-hybridized carbons (Fsp3) is 0.632. The maximum atomic E-state index is 5.66. The van der Waals surface area contributed by atoms with Crippen molar-refractivity contribution in [2.24, 2.45) is 0 Å². The molecule has 0 atom stereocenters. The number of rotatable bonds is 7. The minimum absolute atomic E-state index is 0.0465. The van der Waals surface area contributed by atoms with Crippen LogP contribution in [-0.4, -0.2) is 44.6 Å². The molecule has 2 aromatic carbocycles. The third-order valence-electron chi connectivity index (χ3n) is 10.2. The number of anilines is 1. The number of benzene rings is 2. The molecule has 2 nitrogen and oxygen atoms in total. The monoisotopic (exact) mass is 810 g/mol. The molecule has 0 aromatic heterocycles. The molecule has 3 aliphatic carbocycles. The molecule has 1 aliphatic heterocycles. The van der Waals surface area contributed by atoms with Crippen LogP contribution in [0.3, 0.4) is 0 Å². The predicted molar refractivity (Wildman–Crippen MR) is 212 cm³/mol. The van der Waals surface area contributed by atoms with Crippen molar-refractivity contribution < 1.29 is 13.5 Å². The van der Waals surface area contributed by atoms with Crippen molar-refractivity contribution >= 4 is 60.6 Å². The number of halogens is 2. The Morgan fingerprint density at radius 3 is 1.63 bits per heavy atom. The Bertz CT molecular complexity index is 1110. The second kappa shape index (κ2) is 21.6. The Labute approximate surface area is 305 Å². The molecule has 0 N–H and O–H groups in total. The normalized spacial score (nSPS) is 20.5. The van der Waals surface area contributed by atoms with Gasteiger partial charge in [0.1, 0.15) is 0 Å². The number of thioether (sulfide) groups is 1. The summed E-state index contributed by atoms with van der Waals surface area (Å²) < 4.78 is 4.20. The fourth-order valence-corrected chi connectivity index (χ4v) is 16.8. The minimum atomic E-state index is -1.59. The van der Waals surface area contributed by atoms with Gasteiger partial charge >= 0.3 is 83.8 Å². The molecule has 1 heterocycles. The van der Waals surface area contributed by atoms with Crippen molar-refractivity contribution in [1.82, 2.24) is 4.31 Å². The van der Waals surface area contributed by atoms with Crippen molar-refractivity contribution in [1.29, 1.82) is 0 Å². The second-order valence-electron chi connectivity index (χ2n) is 13.6. The van der Waals surface area contributed by atoms with E-state index in [0.29, 0.717) is 0 Å². The molecule has 8 heteroatoms. The predicted octanol–water partition coefficient (Wildman–Crippen LogP) is 12.8. The van der Waals surface area contributed by atoms with E-state index in [1.807, 2.05) is 34.3 Å². The van der Waals surface area contributed by atoms with E-state index in [1.54, 1.807) is 120 Å². The van der Waals surface area contributed by atoms with Crippen LogP contribution in [0.2, 0.25) is 0 Å². The standard InChI is InChI=1S/C18H33P.C13H19N2S.C7H6S.2ClH.Ru/c1-4-10-16(11-5-1)19(17-12-6-2-7-13-17)18-14-8-3-9-15-18;1-10-7-11(2)13(12(3)8-10)14-5-6-15(9-14)16-4;1-8-7-5-3-2-4-6-7;;;/h16-18H,1-15H2;7-9H,5-6H2,1-4H3;1-6H;2*1H;/q;-1;;;;+2/p-1. The van der Waals surface area contributed by atoms with E-state index in [2.05, 4.69) is 55.0 Å². The Morgan fingerprint density at radius 2 is 1.22 bits per heavy atom. The zero-order valence-electron chi connectivity index (χ0n) is 28.8. The first-order valence-electron chi connectivity index (χ1n) is 17.8. The molecule has 4 fully saturated rings. The van der Waals surface area contributed by atoms with E-state index in [-0.39, 0.29) is 7.92 Å². The van der Waals surface area contributed by atoms with Gasteiger partial charge in [0.15, 0.2) is 0 Å². The van der Waals surface area contributed by atoms with Crippen LogP contribution in [0.1, 0.15) is 113 Å². The number of hydrogen-bond donors (Lipinski definition) is 0. The molecule has 2 aromatic rings. The van der Waals surface area contributed by atoms with E-state index in [1.165, 1.54) is 44.3 Å². The summed E-state index contributed by atoms with van der Waals surface area (Å²) in [5.41, 5.74) is 9.15. The van der Waals surface area contributed by atoms with Crippen LogP contribution < -0.4 is 4.90 Å². The van der Waals surface area contributed by atoms with E-state index in [9.17, 15) is 0 Å². The van der Waals surface area contributed by atoms with Crippen LogP contribution in [0.15, 0.2) is 47.4 Å². The molecule has 1 saturated heterocycles. The van der Waals surface area contributed by atoms with Crippen molar-refractivity contribution in [3.8, 4) is 0 Å². The van der Waals surface area contributed by atoms with Gasteiger partial charge in [-0.25, -0.2) is 0 Å². The Kier molecular flexibility index (Phi) is 18.4. The van der Waals surface area contributed by atoms with Crippen molar-refractivity contribution in [3.05, 3.63) is 65.8 Å². The van der Waals surface area contributed by atoms with Gasteiger partial charge in [-0.1, -0.05) is 37.0 Å². The zero-order valence-corrected chi connectivity index (χ0v) is 34.7. The molecule has 260 valence electrons. The summed E-state index contributed by atoms with van der Waals surface area (Å²) >= 11 is 1.79. The van der Waals surface area contributed by atoms with E-state index < -0.39 is 13.5 Å². The number of hydrogen-bond acceptors (Lipinski definition) is 4. The molecule has 0 unspecified atom stereocenters. The molecule has 3 saturated carbocycles. The summed E-state index contributed by atoms with van der Waals surface area (Å²) in [5.74, 6) is 0. The first kappa shape index (κ1) is 39.2. The van der Waals surface area contributed by atoms with Gasteiger partial charge in [0.2, 0.25) is 0 Å². The SMILES string of the molecule is C1CCC([PH+](C2CCCCC2)C2CCCCC2)CC1.CSN1[CH-]N(c2c(C)cc(C)cc2C)CC1.[Cl][Ru]([Cl])=[CH]Sc1ccccc1. The molecular formula is C38H59Cl2N2PRuS2. The van der Waals surface area contributed by atoms with Crippen LogP contribution in [0.5, 0.6) is 0 Å². The molecule has 0 bridgehead atoms. The first-order valence-corrected chi connectivity index (χ1v) is 27.0. The topological polar surface area (TPSA) is 6.48 Å². The van der Waals surface area contributed by atoms with Gasteiger partial charge < -0.3 is 9.21 Å². The van der Waals surface area contributed by atoms with E-state index in [0.717, 1.165) is 13.1 Å². The average molecular weight is 811 g/mol. The van der Waals surface area contributed by atoms with Crippen molar-refractivity contribution in [2.45, 2.75) is 139 Å². The van der Waals surface area contributed by atoms with Crippen LogP contribution in [0.4, 0.5) is 5.69 Å². The summed E-state index contributed by atoms with van der Waals surface area (Å²) in [6.45, 7) is 11.0. The summed E-state index contributed by atoms with van der Waals surface area (Å²) in [7, 11) is 11.3. The van der Waals surface area contributed by atoms with Gasteiger partial charge in [-0.15, -0.1) is 11.9 Å². The molecule has 0 radical (unpaired) electrons. The third-order valence-corrected chi connectivity index (χ3v) is 20.0. The van der Waals surface area contributed by atoms with Crippen molar-refractivity contribution in [3.63, 3.8) is 0 Å². The number of aryl methyl sites for hydroxylation is 3. The van der Waals surface area contributed by atoms with Gasteiger partial charge in [-0.2, -0.15) is 6.67 Å². The Balaban J connectivity index is 0.000000163. The third kappa shape index (κ3) is 12.9. The molecule has 4 aliphatic rings. The summed E-state index contributed by atoms with van der Waals surface area (Å²) in [4.78, 5) is 3.55. The number of nitrogens with zero attached hydrogens (tertiary/aromatic N) is 2. The van der Waals surface area contributed by atoms with Gasteiger partial charge in [0, 0.05) is 20.2 Å². The molecule has 46 heavy (non-hydrogen) atoms. The molecule has 0 spiro atoms. The molecule has 6 rings (SSSR count). The maximum absolute atomic E-state index is 5.66. The Hall–Kier alpha value is 0.403. The van der Waals surface area contributed by atoms with Crippen LogP contribution >= 0.6 is 51.0 Å². The molecular weight excluding hydrogens is 752 g/mol. The van der Waals surface area contributed by atoms with Gasteiger partial charge in [-0.3, -0.25) is 0 Å². The fourth-order valence-electron chi connectivity index (χ4n) is 8.30. The van der Waals surface area contributed by atoms with Gasteiger partial charge in [-0.05, 0) is 122 Å². The van der Waals surface area contributed by atoms with Gasteiger partial charge in [0.05, 0.1) is 17.0 Å². The van der Waals surface area contributed by atoms with Crippen LogP contribution in [-0.2, 0) is 13.5 Å². The van der Waals surface area contributed by atoms with Crippen molar-refractivity contribution in [2.75, 3.05) is 24.2 Å². The van der Waals surface area contributed by atoms with Crippen LogP contribution in [0.25, 0.3) is 0 Å². The van der Waals surface area contributed by atoms with E-state index >= 15 is 0 Å². The summed E-state index contributed by atoms with van der Waals surface area (Å²) in [5, 5.41) is 0. The van der Waals surface area contributed by atoms with Crippen LogP contribution in [0, 0.1) is 27.4 Å². The second-order valence-corrected chi connectivity index (χ2v) is 25.2. The molecule has 0 amide bonds. The summed E-state index contributed by atoms with van der Waals surface area (Å²) in [6, 6.07) is 14.6. The summed E-state index contributed by atoms with van der Waals surface area (Å²) in [6.07, 6.45) is 25.9.